The lowest BCUT2D eigenvalue weighted by Crippen LogP contribution is -2.45. The first kappa shape index (κ1) is 14.7. The van der Waals surface area contributed by atoms with Crippen LogP contribution in [0, 0.1) is 11.8 Å². The molecule has 4 nitrogen and oxygen atoms in total. The van der Waals surface area contributed by atoms with Gasteiger partial charge in [-0.15, -0.1) is 0 Å². The van der Waals surface area contributed by atoms with Crippen LogP contribution in [0.5, 0.6) is 11.5 Å². The molecule has 1 heterocycles. The van der Waals surface area contributed by atoms with Gasteiger partial charge in [0.2, 0.25) is 0 Å². The standard InChI is InChI=1S/C17H25NO3/c1-19-15-6-12(7-16(8-15)20-2)9-18-10-13-4-5-14(11-18)17(13)21-3/h6-8,13-14,17H,4-5,9-11H2,1-3H3. The van der Waals surface area contributed by atoms with Crippen LogP contribution < -0.4 is 9.47 Å². The van der Waals surface area contributed by atoms with E-state index in [0.717, 1.165) is 31.1 Å². The van der Waals surface area contributed by atoms with Gasteiger partial charge in [-0.1, -0.05) is 0 Å². The zero-order chi connectivity index (χ0) is 14.8. The Morgan fingerprint density at radius 1 is 0.952 bits per heavy atom. The van der Waals surface area contributed by atoms with Gasteiger partial charge in [0, 0.05) is 32.8 Å². The van der Waals surface area contributed by atoms with Crippen molar-refractivity contribution in [3.63, 3.8) is 0 Å². The van der Waals surface area contributed by atoms with Gasteiger partial charge in [0.1, 0.15) is 11.5 Å². The van der Waals surface area contributed by atoms with Crippen LogP contribution in [-0.4, -0.2) is 45.4 Å². The summed E-state index contributed by atoms with van der Waals surface area (Å²) < 4.78 is 16.4. The highest BCUT2D eigenvalue weighted by Gasteiger charge is 2.41. The number of benzene rings is 1. The average Bonchev–Trinajstić information content (AvgIpc) is 2.76. The van der Waals surface area contributed by atoms with Crippen LogP contribution in [0.2, 0.25) is 0 Å². The molecular weight excluding hydrogens is 266 g/mol. The summed E-state index contributed by atoms with van der Waals surface area (Å²) in [5, 5.41) is 0. The number of methoxy groups -OCH3 is 3. The second-order valence-corrected chi connectivity index (χ2v) is 6.21. The molecule has 0 N–H and O–H groups in total. The topological polar surface area (TPSA) is 30.9 Å². The SMILES string of the molecule is COc1cc(CN2CC3CCC(C2)C3OC)cc(OC)c1. The summed E-state index contributed by atoms with van der Waals surface area (Å²) in [7, 11) is 5.25. The Morgan fingerprint density at radius 3 is 2.00 bits per heavy atom. The molecule has 1 aliphatic heterocycles. The van der Waals surface area contributed by atoms with Crippen LogP contribution in [-0.2, 0) is 11.3 Å². The van der Waals surface area contributed by atoms with Crippen molar-refractivity contribution in [2.45, 2.75) is 25.5 Å². The van der Waals surface area contributed by atoms with Crippen LogP contribution in [0.4, 0.5) is 0 Å². The predicted molar refractivity (Wildman–Crippen MR) is 81.8 cm³/mol. The monoisotopic (exact) mass is 291 g/mol. The lowest BCUT2D eigenvalue weighted by molar-refractivity contribution is -0.0180. The minimum absolute atomic E-state index is 0.473. The summed E-state index contributed by atoms with van der Waals surface area (Å²) in [4.78, 5) is 2.55. The number of rotatable bonds is 5. The molecule has 21 heavy (non-hydrogen) atoms. The molecule has 2 bridgehead atoms. The molecule has 0 radical (unpaired) electrons. The molecule has 2 aliphatic rings. The van der Waals surface area contributed by atoms with Gasteiger partial charge in [0.25, 0.3) is 0 Å². The zero-order valence-corrected chi connectivity index (χ0v) is 13.2. The number of ether oxygens (including phenoxy) is 3. The fourth-order valence-corrected chi connectivity index (χ4v) is 4.00. The van der Waals surface area contributed by atoms with Crippen LogP contribution in [0.25, 0.3) is 0 Å². The Kier molecular flexibility index (Phi) is 4.36. The third-order valence-corrected chi connectivity index (χ3v) is 4.91. The number of piperidine rings is 1. The van der Waals surface area contributed by atoms with Gasteiger partial charge in [-0.2, -0.15) is 0 Å². The lowest BCUT2D eigenvalue weighted by atomic mass is 9.94. The summed E-state index contributed by atoms with van der Waals surface area (Å²) in [6, 6.07) is 6.13. The van der Waals surface area contributed by atoms with Gasteiger partial charge in [-0.05, 0) is 42.4 Å². The van der Waals surface area contributed by atoms with Crippen molar-refractivity contribution in [2.24, 2.45) is 11.8 Å². The van der Waals surface area contributed by atoms with E-state index >= 15 is 0 Å². The summed E-state index contributed by atoms with van der Waals surface area (Å²) in [5.74, 6) is 3.11. The molecule has 2 atom stereocenters. The van der Waals surface area contributed by atoms with E-state index in [-0.39, 0.29) is 0 Å². The Labute approximate surface area is 127 Å². The second-order valence-electron chi connectivity index (χ2n) is 6.21. The van der Waals surface area contributed by atoms with E-state index in [2.05, 4.69) is 17.0 Å². The number of fused-ring (bicyclic) bond motifs is 2. The zero-order valence-electron chi connectivity index (χ0n) is 13.2. The smallest absolute Gasteiger partial charge is 0.122 e. The van der Waals surface area contributed by atoms with Crippen molar-refractivity contribution in [1.29, 1.82) is 0 Å². The molecule has 1 aliphatic carbocycles. The molecule has 0 spiro atoms. The lowest BCUT2D eigenvalue weighted by Gasteiger charge is -2.37. The first-order valence-electron chi connectivity index (χ1n) is 7.70. The molecule has 1 aromatic rings. The highest BCUT2D eigenvalue weighted by atomic mass is 16.5. The molecule has 2 fully saturated rings. The van der Waals surface area contributed by atoms with Gasteiger partial charge in [0.05, 0.1) is 20.3 Å². The quantitative estimate of drug-likeness (QED) is 0.834. The molecule has 2 unspecified atom stereocenters. The second kappa shape index (κ2) is 6.24. The van der Waals surface area contributed by atoms with E-state index in [1.165, 1.54) is 18.4 Å². The van der Waals surface area contributed by atoms with Gasteiger partial charge in [0.15, 0.2) is 0 Å². The molecule has 4 heteroatoms. The molecule has 0 aromatic heterocycles. The van der Waals surface area contributed by atoms with E-state index in [0.29, 0.717) is 17.9 Å². The van der Waals surface area contributed by atoms with E-state index < -0.39 is 0 Å². The first-order chi connectivity index (χ1) is 10.2. The maximum atomic E-state index is 5.68. The van der Waals surface area contributed by atoms with Gasteiger partial charge >= 0.3 is 0 Å². The fraction of sp³-hybridized carbons (Fsp3) is 0.647. The molecule has 1 aromatic carbocycles. The normalized spacial score (nSPS) is 28.6. The van der Waals surface area contributed by atoms with Crippen LogP contribution >= 0.6 is 0 Å². The summed E-state index contributed by atoms with van der Waals surface area (Å²) in [5.41, 5.74) is 1.25. The van der Waals surface area contributed by atoms with E-state index in [9.17, 15) is 0 Å². The average molecular weight is 291 g/mol. The Hall–Kier alpha value is -1.26. The van der Waals surface area contributed by atoms with E-state index in [4.69, 9.17) is 14.2 Å². The fourth-order valence-electron chi connectivity index (χ4n) is 4.00. The van der Waals surface area contributed by atoms with Crippen molar-refractivity contribution in [1.82, 2.24) is 4.90 Å². The molecular formula is C17H25NO3. The maximum Gasteiger partial charge on any atom is 0.122 e. The number of nitrogens with zero attached hydrogens (tertiary/aromatic N) is 1. The van der Waals surface area contributed by atoms with Crippen molar-refractivity contribution in [3.8, 4) is 11.5 Å². The number of hydrogen-bond acceptors (Lipinski definition) is 4. The number of hydrogen-bond donors (Lipinski definition) is 0. The molecule has 3 rings (SSSR count). The highest BCUT2D eigenvalue weighted by molar-refractivity contribution is 5.38. The van der Waals surface area contributed by atoms with Crippen LogP contribution in [0.15, 0.2) is 18.2 Å². The highest BCUT2D eigenvalue weighted by Crippen LogP contribution is 2.39. The third-order valence-electron chi connectivity index (χ3n) is 4.91. The van der Waals surface area contributed by atoms with Crippen molar-refractivity contribution >= 4 is 0 Å². The van der Waals surface area contributed by atoms with Crippen LogP contribution in [0.1, 0.15) is 18.4 Å². The minimum atomic E-state index is 0.473. The van der Waals surface area contributed by atoms with E-state index in [1.807, 2.05) is 13.2 Å². The molecule has 0 amide bonds. The Morgan fingerprint density at radius 2 is 1.52 bits per heavy atom. The van der Waals surface area contributed by atoms with Crippen molar-refractivity contribution < 1.29 is 14.2 Å². The summed E-state index contributed by atoms with van der Waals surface area (Å²) in [6.07, 6.45) is 3.09. The van der Waals surface area contributed by atoms with E-state index in [1.54, 1.807) is 14.2 Å². The first-order valence-corrected chi connectivity index (χ1v) is 7.70. The summed E-state index contributed by atoms with van der Waals surface area (Å²) >= 11 is 0. The maximum absolute atomic E-state index is 5.68. The van der Waals surface area contributed by atoms with Crippen molar-refractivity contribution in [3.05, 3.63) is 23.8 Å². The molecule has 116 valence electrons. The van der Waals surface area contributed by atoms with Crippen LogP contribution in [0.3, 0.4) is 0 Å². The largest absolute Gasteiger partial charge is 0.497 e. The predicted octanol–water partition coefficient (Wildman–Crippen LogP) is 2.56. The Balaban J connectivity index is 1.70. The van der Waals surface area contributed by atoms with Gasteiger partial charge in [-0.3, -0.25) is 4.90 Å². The third kappa shape index (κ3) is 3.01. The Bertz CT molecular complexity index is 455. The van der Waals surface area contributed by atoms with Gasteiger partial charge in [-0.25, -0.2) is 0 Å². The van der Waals surface area contributed by atoms with Gasteiger partial charge < -0.3 is 14.2 Å². The molecule has 1 saturated heterocycles. The summed E-state index contributed by atoms with van der Waals surface area (Å²) in [6.45, 7) is 3.22. The van der Waals surface area contributed by atoms with Crippen molar-refractivity contribution in [2.75, 3.05) is 34.4 Å². The number of likely N-dealkylation sites (tertiary alicyclic amines) is 1. The molecule has 1 saturated carbocycles. The minimum Gasteiger partial charge on any atom is -0.497 e.